The minimum Gasteiger partial charge on any atom is -0.355 e. The van der Waals surface area contributed by atoms with Gasteiger partial charge in [-0.2, -0.15) is 0 Å². The van der Waals surface area contributed by atoms with E-state index in [9.17, 15) is 4.79 Å². The van der Waals surface area contributed by atoms with Crippen LogP contribution in [0.15, 0.2) is 0 Å². The Kier molecular flexibility index (Phi) is 6.42. The number of hydrogen-bond donors (Lipinski definition) is 2. The van der Waals surface area contributed by atoms with E-state index in [1.54, 1.807) is 0 Å². The van der Waals surface area contributed by atoms with Gasteiger partial charge in [0.25, 0.3) is 0 Å². The lowest BCUT2D eigenvalue weighted by Crippen LogP contribution is -2.48. The number of nitrogens with zero attached hydrogens (tertiary/aromatic N) is 1. The molecule has 0 aromatic rings. The monoisotopic (exact) mass is 227 g/mol. The zero-order valence-corrected chi connectivity index (χ0v) is 10.4. The highest BCUT2D eigenvalue weighted by atomic mass is 16.2. The molecule has 4 nitrogen and oxygen atoms in total. The third-order valence-corrected chi connectivity index (χ3v) is 3.22. The third kappa shape index (κ3) is 4.49. The van der Waals surface area contributed by atoms with Crippen LogP contribution in [0.5, 0.6) is 0 Å². The first kappa shape index (κ1) is 13.5. The molecule has 0 saturated carbocycles. The predicted octanol–water partition coefficient (Wildman–Crippen LogP) is 0.716. The van der Waals surface area contributed by atoms with Crippen LogP contribution in [-0.2, 0) is 4.79 Å². The summed E-state index contributed by atoms with van der Waals surface area (Å²) in [6.45, 7) is 5.13. The summed E-state index contributed by atoms with van der Waals surface area (Å²) >= 11 is 0. The molecule has 16 heavy (non-hydrogen) atoms. The van der Waals surface area contributed by atoms with E-state index in [-0.39, 0.29) is 5.91 Å². The summed E-state index contributed by atoms with van der Waals surface area (Å²) in [5.74, 6) is 0.147. The number of nitrogens with one attached hydrogen (secondary N) is 1. The zero-order valence-electron chi connectivity index (χ0n) is 10.4. The minimum absolute atomic E-state index is 0.147. The van der Waals surface area contributed by atoms with Gasteiger partial charge in [-0.1, -0.05) is 19.8 Å². The Morgan fingerprint density at radius 2 is 2.31 bits per heavy atom. The molecule has 1 aliphatic rings. The van der Waals surface area contributed by atoms with Gasteiger partial charge in [-0.3, -0.25) is 9.69 Å². The summed E-state index contributed by atoms with van der Waals surface area (Å²) in [4.78, 5) is 13.9. The molecule has 0 aromatic heterocycles. The average molecular weight is 227 g/mol. The maximum absolute atomic E-state index is 11.7. The van der Waals surface area contributed by atoms with Crippen LogP contribution in [0.25, 0.3) is 0 Å². The van der Waals surface area contributed by atoms with Gasteiger partial charge in [0.15, 0.2) is 0 Å². The molecular weight excluding hydrogens is 202 g/mol. The standard InChI is InChI=1S/C12H25N3O/c1-2-3-7-14-12(16)10-15-8-5-4-6-11(15)9-13/h11H,2-10,13H2,1H3,(H,14,16). The second-order valence-corrected chi connectivity index (χ2v) is 4.56. The van der Waals surface area contributed by atoms with Crippen molar-refractivity contribution in [3.05, 3.63) is 0 Å². The molecular formula is C12H25N3O. The van der Waals surface area contributed by atoms with Gasteiger partial charge in [-0.05, 0) is 25.8 Å². The topological polar surface area (TPSA) is 58.4 Å². The Bertz CT molecular complexity index is 208. The SMILES string of the molecule is CCCCNC(=O)CN1CCCCC1CN. The largest absolute Gasteiger partial charge is 0.355 e. The molecule has 1 aliphatic heterocycles. The molecule has 1 amide bonds. The number of nitrogens with two attached hydrogens (primary N) is 1. The Morgan fingerprint density at radius 1 is 1.50 bits per heavy atom. The van der Waals surface area contributed by atoms with Crippen molar-refractivity contribution >= 4 is 5.91 Å². The summed E-state index contributed by atoms with van der Waals surface area (Å²) in [7, 11) is 0. The van der Waals surface area contributed by atoms with Gasteiger partial charge >= 0.3 is 0 Å². The first-order chi connectivity index (χ1) is 7.77. The fourth-order valence-electron chi connectivity index (χ4n) is 2.18. The number of carbonyl (C=O) groups excluding carboxylic acids is 1. The van der Waals surface area contributed by atoms with Crippen LogP contribution in [0.3, 0.4) is 0 Å². The molecule has 1 saturated heterocycles. The predicted molar refractivity (Wildman–Crippen MR) is 66.2 cm³/mol. The van der Waals surface area contributed by atoms with E-state index in [2.05, 4.69) is 17.1 Å². The van der Waals surface area contributed by atoms with Crippen LogP contribution in [-0.4, -0.2) is 43.0 Å². The summed E-state index contributed by atoms with van der Waals surface area (Å²) in [5, 5.41) is 2.95. The fraction of sp³-hybridized carbons (Fsp3) is 0.917. The van der Waals surface area contributed by atoms with Crippen LogP contribution in [0.1, 0.15) is 39.0 Å². The zero-order chi connectivity index (χ0) is 11.8. The molecule has 0 radical (unpaired) electrons. The molecule has 3 N–H and O–H groups in total. The van der Waals surface area contributed by atoms with Gasteiger partial charge in [0.1, 0.15) is 0 Å². The lowest BCUT2D eigenvalue weighted by atomic mass is 10.0. The molecule has 0 aliphatic carbocycles. The van der Waals surface area contributed by atoms with E-state index >= 15 is 0 Å². The molecule has 0 bridgehead atoms. The van der Waals surface area contributed by atoms with Crippen molar-refractivity contribution in [2.75, 3.05) is 26.2 Å². The van der Waals surface area contributed by atoms with E-state index in [0.29, 0.717) is 19.1 Å². The summed E-state index contributed by atoms with van der Waals surface area (Å²) < 4.78 is 0. The molecule has 0 spiro atoms. The molecule has 0 aromatic carbocycles. The fourth-order valence-corrected chi connectivity index (χ4v) is 2.18. The van der Waals surface area contributed by atoms with Crippen molar-refractivity contribution in [3.63, 3.8) is 0 Å². The van der Waals surface area contributed by atoms with Crippen molar-refractivity contribution in [1.82, 2.24) is 10.2 Å². The number of likely N-dealkylation sites (tertiary alicyclic amines) is 1. The van der Waals surface area contributed by atoms with E-state index < -0.39 is 0 Å². The first-order valence-corrected chi connectivity index (χ1v) is 6.48. The molecule has 1 heterocycles. The smallest absolute Gasteiger partial charge is 0.234 e. The average Bonchev–Trinajstić information content (AvgIpc) is 2.30. The van der Waals surface area contributed by atoms with Crippen LogP contribution >= 0.6 is 0 Å². The Labute approximate surface area is 98.6 Å². The Hall–Kier alpha value is -0.610. The van der Waals surface area contributed by atoms with Crippen LogP contribution in [0.4, 0.5) is 0 Å². The van der Waals surface area contributed by atoms with Crippen molar-refractivity contribution in [2.45, 2.75) is 45.1 Å². The maximum atomic E-state index is 11.7. The number of carbonyl (C=O) groups is 1. The second kappa shape index (κ2) is 7.63. The molecule has 94 valence electrons. The van der Waals surface area contributed by atoms with Gasteiger partial charge in [-0.25, -0.2) is 0 Å². The van der Waals surface area contributed by atoms with E-state index in [4.69, 9.17) is 5.73 Å². The minimum atomic E-state index is 0.147. The Balaban J connectivity index is 2.25. The van der Waals surface area contributed by atoms with Crippen LogP contribution in [0, 0.1) is 0 Å². The highest BCUT2D eigenvalue weighted by Crippen LogP contribution is 2.15. The number of amides is 1. The Morgan fingerprint density at radius 3 is 3.00 bits per heavy atom. The van der Waals surface area contributed by atoms with Crippen molar-refractivity contribution < 1.29 is 4.79 Å². The first-order valence-electron chi connectivity index (χ1n) is 6.48. The second-order valence-electron chi connectivity index (χ2n) is 4.56. The van der Waals surface area contributed by atoms with E-state index in [0.717, 1.165) is 32.4 Å². The third-order valence-electron chi connectivity index (χ3n) is 3.22. The van der Waals surface area contributed by atoms with Gasteiger partial charge in [0, 0.05) is 19.1 Å². The number of piperidine rings is 1. The van der Waals surface area contributed by atoms with Crippen molar-refractivity contribution in [1.29, 1.82) is 0 Å². The lowest BCUT2D eigenvalue weighted by molar-refractivity contribution is -0.123. The summed E-state index contributed by atoms with van der Waals surface area (Å²) in [5.41, 5.74) is 5.72. The number of hydrogen-bond acceptors (Lipinski definition) is 3. The van der Waals surface area contributed by atoms with Crippen molar-refractivity contribution in [2.24, 2.45) is 5.73 Å². The van der Waals surface area contributed by atoms with Gasteiger partial charge in [0.05, 0.1) is 6.54 Å². The summed E-state index contributed by atoms with van der Waals surface area (Å²) in [6, 6.07) is 0.408. The highest BCUT2D eigenvalue weighted by Gasteiger charge is 2.22. The molecule has 1 unspecified atom stereocenters. The number of unbranched alkanes of at least 4 members (excludes halogenated alkanes) is 1. The molecule has 1 fully saturated rings. The number of rotatable bonds is 6. The molecule has 1 atom stereocenters. The van der Waals surface area contributed by atoms with Crippen LogP contribution in [0.2, 0.25) is 0 Å². The normalized spacial score (nSPS) is 22.0. The lowest BCUT2D eigenvalue weighted by Gasteiger charge is -2.34. The van der Waals surface area contributed by atoms with Crippen LogP contribution < -0.4 is 11.1 Å². The summed E-state index contributed by atoms with van der Waals surface area (Å²) in [6.07, 6.45) is 5.76. The maximum Gasteiger partial charge on any atom is 0.234 e. The highest BCUT2D eigenvalue weighted by molar-refractivity contribution is 5.78. The van der Waals surface area contributed by atoms with Gasteiger partial charge in [-0.15, -0.1) is 0 Å². The van der Waals surface area contributed by atoms with Gasteiger partial charge in [0.2, 0.25) is 5.91 Å². The molecule has 4 heteroatoms. The quantitative estimate of drug-likeness (QED) is 0.657. The van der Waals surface area contributed by atoms with Gasteiger partial charge < -0.3 is 11.1 Å². The van der Waals surface area contributed by atoms with E-state index in [1.165, 1.54) is 12.8 Å². The van der Waals surface area contributed by atoms with E-state index in [1.807, 2.05) is 0 Å². The van der Waals surface area contributed by atoms with Crippen molar-refractivity contribution in [3.8, 4) is 0 Å². The molecule has 1 rings (SSSR count).